The van der Waals surface area contributed by atoms with Gasteiger partial charge in [0.15, 0.2) is 0 Å². The summed E-state index contributed by atoms with van der Waals surface area (Å²) in [5.74, 6) is 1.22. The first-order valence-electron chi connectivity index (χ1n) is 7.36. The van der Waals surface area contributed by atoms with Crippen LogP contribution in [0, 0.1) is 0 Å². The Bertz CT molecular complexity index is 386. The summed E-state index contributed by atoms with van der Waals surface area (Å²) in [6.07, 6.45) is 8.58. The lowest BCUT2D eigenvalue weighted by molar-refractivity contribution is -0.0527. The van der Waals surface area contributed by atoms with Crippen LogP contribution in [0.25, 0.3) is 0 Å². The molecule has 0 unspecified atom stereocenters. The van der Waals surface area contributed by atoms with Crippen LogP contribution in [-0.4, -0.2) is 17.3 Å². The predicted molar refractivity (Wildman–Crippen MR) is 72.5 cm³/mol. The standard InChI is InChI=1S/C14H25N3O2/c1-3-4-8-11(15)12-16-13(17-19-12)14(18-2)9-6-5-7-10-14/h11H,3-10,15H2,1-2H3/t11-/m0/s1. The van der Waals surface area contributed by atoms with Crippen LogP contribution < -0.4 is 5.73 Å². The molecule has 2 N–H and O–H groups in total. The summed E-state index contributed by atoms with van der Waals surface area (Å²) < 4.78 is 11.1. The third-order valence-electron chi connectivity index (χ3n) is 4.09. The van der Waals surface area contributed by atoms with Crippen LogP contribution in [0.5, 0.6) is 0 Å². The second-order valence-corrected chi connectivity index (χ2v) is 5.46. The van der Waals surface area contributed by atoms with Gasteiger partial charge in [-0.15, -0.1) is 0 Å². The quantitative estimate of drug-likeness (QED) is 0.857. The lowest BCUT2D eigenvalue weighted by Crippen LogP contribution is -2.32. The van der Waals surface area contributed by atoms with Gasteiger partial charge in [0.05, 0.1) is 6.04 Å². The van der Waals surface area contributed by atoms with E-state index in [1.807, 2.05) is 0 Å². The van der Waals surface area contributed by atoms with Crippen LogP contribution in [0.4, 0.5) is 0 Å². The number of hydrogen-bond donors (Lipinski definition) is 1. The number of hydrogen-bond acceptors (Lipinski definition) is 5. The van der Waals surface area contributed by atoms with E-state index in [2.05, 4.69) is 17.1 Å². The van der Waals surface area contributed by atoms with Crippen LogP contribution in [0.15, 0.2) is 4.52 Å². The molecule has 0 aromatic carbocycles. The van der Waals surface area contributed by atoms with Crippen LogP contribution >= 0.6 is 0 Å². The minimum atomic E-state index is -0.357. The van der Waals surface area contributed by atoms with Gasteiger partial charge in [0.1, 0.15) is 5.60 Å². The van der Waals surface area contributed by atoms with Crippen molar-refractivity contribution >= 4 is 0 Å². The van der Waals surface area contributed by atoms with E-state index >= 15 is 0 Å². The lowest BCUT2D eigenvalue weighted by Gasteiger charge is -2.32. The van der Waals surface area contributed by atoms with Gasteiger partial charge < -0.3 is 15.0 Å². The largest absolute Gasteiger partial charge is 0.370 e. The van der Waals surface area contributed by atoms with Crippen molar-refractivity contribution in [1.82, 2.24) is 10.1 Å². The fourth-order valence-electron chi connectivity index (χ4n) is 2.76. The smallest absolute Gasteiger partial charge is 0.243 e. The van der Waals surface area contributed by atoms with E-state index in [4.69, 9.17) is 15.0 Å². The van der Waals surface area contributed by atoms with Gasteiger partial charge in [-0.3, -0.25) is 0 Å². The summed E-state index contributed by atoms with van der Waals surface area (Å²) >= 11 is 0. The molecule has 108 valence electrons. The second-order valence-electron chi connectivity index (χ2n) is 5.46. The molecule has 1 saturated carbocycles. The zero-order valence-electron chi connectivity index (χ0n) is 12.0. The summed E-state index contributed by atoms with van der Waals surface area (Å²) in [5, 5.41) is 4.12. The number of nitrogens with two attached hydrogens (primary N) is 1. The van der Waals surface area contributed by atoms with Crippen molar-refractivity contribution in [2.75, 3.05) is 7.11 Å². The zero-order chi connectivity index (χ0) is 13.7. The van der Waals surface area contributed by atoms with Gasteiger partial charge in [-0.2, -0.15) is 4.98 Å². The number of rotatable bonds is 6. The van der Waals surface area contributed by atoms with E-state index in [1.165, 1.54) is 6.42 Å². The minimum Gasteiger partial charge on any atom is -0.370 e. The molecule has 0 amide bonds. The van der Waals surface area contributed by atoms with Crippen LogP contribution in [0.1, 0.15) is 76.0 Å². The van der Waals surface area contributed by atoms with Crippen molar-refractivity contribution < 1.29 is 9.26 Å². The Labute approximate surface area is 114 Å². The van der Waals surface area contributed by atoms with Crippen LogP contribution in [0.3, 0.4) is 0 Å². The fourth-order valence-corrected chi connectivity index (χ4v) is 2.76. The first kappa shape index (κ1) is 14.5. The summed E-state index contributed by atoms with van der Waals surface area (Å²) in [6, 6.07) is -0.154. The minimum absolute atomic E-state index is 0.154. The molecule has 1 atom stereocenters. The van der Waals surface area contributed by atoms with Crippen molar-refractivity contribution in [3.8, 4) is 0 Å². The number of unbranched alkanes of at least 4 members (excludes halogenated alkanes) is 1. The molecular weight excluding hydrogens is 242 g/mol. The van der Waals surface area contributed by atoms with E-state index in [1.54, 1.807) is 7.11 Å². The third-order valence-corrected chi connectivity index (χ3v) is 4.09. The Morgan fingerprint density at radius 1 is 1.37 bits per heavy atom. The molecule has 1 fully saturated rings. The molecule has 1 aliphatic carbocycles. The Morgan fingerprint density at radius 3 is 2.74 bits per heavy atom. The third kappa shape index (κ3) is 3.15. The Hall–Kier alpha value is -0.940. The fraction of sp³-hybridized carbons (Fsp3) is 0.857. The maximum atomic E-state index is 6.07. The van der Waals surface area contributed by atoms with Gasteiger partial charge >= 0.3 is 0 Å². The maximum absolute atomic E-state index is 6.07. The molecule has 1 aromatic heterocycles. The molecule has 5 heteroatoms. The van der Waals surface area contributed by atoms with Gasteiger partial charge in [0.2, 0.25) is 11.7 Å². The second kappa shape index (κ2) is 6.48. The molecule has 0 radical (unpaired) electrons. The predicted octanol–water partition coefficient (Wildman–Crippen LogP) is 3.07. The van der Waals surface area contributed by atoms with E-state index in [0.29, 0.717) is 11.7 Å². The Balaban J connectivity index is 2.10. The molecular formula is C14H25N3O2. The van der Waals surface area contributed by atoms with Crippen LogP contribution in [-0.2, 0) is 10.3 Å². The highest BCUT2D eigenvalue weighted by atomic mass is 16.5. The highest BCUT2D eigenvalue weighted by Crippen LogP contribution is 2.38. The Morgan fingerprint density at radius 2 is 2.11 bits per heavy atom. The summed E-state index contributed by atoms with van der Waals surface area (Å²) in [6.45, 7) is 2.15. The summed E-state index contributed by atoms with van der Waals surface area (Å²) in [4.78, 5) is 4.50. The van der Waals surface area contributed by atoms with Crippen LogP contribution in [0.2, 0.25) is 0 Å². The molecule has 19 heavy (non-hydrogen) atoms. The monoisotopic (exact) mass is 267 g/mol. The average Bonchev–Trinajstić information content (AvgIpc) is 2.96. The topological polar surface area (TPSA) is 74.2 Å². The van der Waals surface area contributed by atoms with Crippen molar-refractivity contribution in [2.45, 2.75) is 69.9 Å². The maximum Gasteiger partial charge on any atom is 0.243 e. The highest BCUT2D eigenvalue weighted by molar-refractivity contribution is 5.04. The van der Waals surface area contributed by atoms with Gasteiger partial charge in [-0.05, 0) is 19.3 Å². The molecule has 0 aliphatic heterocycles. The first-order valence-corrected chi connectivity index (χ1v) is 7.36. The van der Waals surface area contributed by atoms with Crippen molar-refractivity contribution in [2.24, 2.45) is 5.73 Å². The number of ether oxygens (including phenoxy) is 1. The van der Waals surface area contributed by atoms with E-state index in [-0.39, 0.29) is 11.6 Å². The molecule has 1 aromatic rings. The number of nitrogens with zero attached hydrogens (tertiary/aromatic N) is 2. The SMILES string of the molecule is CCCC[C@H](N)c1nc(C2(OC)CCCCC2)no1. The Kier molecular flexibility index (Phi) is 4.93. The first-order chi connectivity index (χ1) is 9.22. The van der Waals surface area contributed by atoms with Crippen molar-refractivity contribution in [3.05, 3.63) is 11.7 Å². The van der Waals surface area contributed by atoms with E-state index in [0.717, 1.165) is 44.9 Å². The molecule has 0 spiro atoms. The molecule has 2 rings (SSSR count). The molecule has 1 aliphatic rings. The highest BCUT2D eigenvalue weighted by Gasteiger charge is 2.38. The summed E-state index contributed by atoms with van der Waals surface area (Å²) in [7, 11) is 1.73. The average molecular weight is 267 g/mol. The number of methoxy groups -OCH3 is 1. The lowest BCUT2D eigenvalue weighted by atomic mass is 9.84. The van der Waals surface area contributed by atoms with Crippen molar-refractivity contribution in [3.63, 3.8) is 0 Å². The zero-order valence-corrected chi connectivity index (χ0v) is 12.0. The van der Waals surface area contributed by atoms with Gasteiger partial charge in [-0.1, -0.05) is 44.2 Å². The van der Waals surface area contributed by atoms with Crippen molar-refractivity contribution in [1.29, 1.82) is 0 Å². The summed E-state index contributed by atoms with van der Waals surface area (Å²) in [5.41, 5.74) is 5.71. The van der Waals surface area contributed by atoms with E-state index < -0.39 is 0 Å². The molecule has 5 nitrogen and oxygen atoms in total. The molecule has 1 heterocycles. The van der Waals surface area contributed by atoms with Gasteiger partial charge in [0.25, 0.3) is 0 Å². The molecule has 0 saturated heterocycles. The van der Waals surface area contributed by atoms with Gasteiger partial charge in [0, 0.05) is 7.11 Å². The van der Waals surface area contributed by atoms with E-state index in [9.17, 15) is 0 Å². The normalized spacial score (nSPS) is 20.4. The molecule has 0 bridgehead atoms. The number of aromatic nitrogens is 2. The van der Waals surface area contributed by atoms with Gasteiger partial charge in [-0.25, -0.2) is 0 Å².